The summed E-state index contributed by atoms with van der Waals surface area (Å²) in [5, 5.41) is 70.8. The first kappa shape index (κ1) is 76.3. The monoisotopic (exact) mass is 1180 g/mol. The molecule has 0 spiro atoms. The van der Waals surface area contributed by atoms with Crippen molar-refractivity contribution in [3.63, 3.8) is 0 Å². The number of hydrogen-bond acceptors (Lipinski definition) is 27. The normalized spacial score (nSPS) is 31.8. The molecule has 2 aliphatic heterocycles. The van der Waals surface area contributed by atoms with Gasteiger partial charge in [-0.25, -0.2) is 25.3 Å². The van der Waals surface area contributed by atoms with Gasteiger partial charge in [-0.05, 0) is 44.4 Å². The van der Waals surface area contributed by atoms with Crippen LogP contribution in [0, 0.1) is 17.8 Å². The molecule has 4 aliphatic rings. The van der Waals surface area contributed by atoms with Gasteiger partial charge >= 0.3 is 118 Å². The summed E-state index contributed by atoms with van der Waals surface area (Å²) in [7, 11) is -17.5. The van der Waals surface area contributed by atoms with Crippen molar-refractivity contribution in [3.05, 3.63) is 0 Å². The van der Waals surface area contributed by atoms with Gasteiger partial charge in [0.15, 0.2) is 18.7 Å². The van der Waals surface area contributed by atoms with Gasteiger partial charge in [0.05, 0.1) is 43.6 Å². The molecule has 75 heavy (non-hydrogen) atoms. The molecule has 6 unspecified atom stereocenters. The van der Waals surface area contributed by atoms with Crippen LogP contribution in [0.4, 0.5) is 0 Å². The Bertz CT molecular complexity index is 2130. The van der Waals surface area contributed by atoms with E-state index in [0.717, 1.165) is 26.2 Å². The molecule has 29 nitrogen and oxygen atoms in total. The second-order valence-corrected chi connectivity index (χ2v) is 21.0. The Morgan fingerprint density at radius 1 is 0.773 bits per heavy atom. The van der Waals surface area contributed by atoms with Gasteiger partial charge in [-0.2, -0.15) is 0 Å². The number of carboxylic acid groups (broad SMARTS) is 1. The van der Waals surface area contributed by atoms with Crippen LogP contribution in [0.25, 0.3) is 0 Å². The Balaban J connectivity index is 0.0000137. The number of aliphatic carboxylic acids is 1. The number of amides is 2. The molecule has 7 N–H and O–H groups in total. The average molecular weight is 1180 g/mol. The van der Waals surface area contributed by atoms with Crippen LogP contribution in [0.3, 0.4) is 0 Å². The first-order valence-electron chi connectivity index (χ1n) is 22.8. The molecular formula is C39H62N2Na4O27S3. The zero-order valence-electron chi connectivity index (χ0n) is 42.7. The van der Waals surface area contributed by atoms with Crippen LogP contribution >= 0.6 is 0 Å². The van der Waals surface area contributed by atoms with Gasteiger partial charge in [0.2, 0.25) is 37.1 Å². The van der Waals surface area contributed by atoms with Gasteiger partial charge < -0.3 is 83.4 Å². The number of aliphatic hydroxyl groups excluding tert-OH is 5. The average Bonchev–Trinajstić information content (AvgIpc) is 3.27. The van der Waals surface area contributed by atoms with E-state index in [-0.39, 0.29) is 156 Å². The molecule has 2 saturated carbocycles. The first-order chi connectivity index (χ1) is 33.0. The topological polar surface area (TPSA) is 462 Å². The van der Waals surface area contributed by atoms with Gasteiger partial charge in [-0.1, -0.05) is 45.4 Å². The summed E-state index contributed by atoms with van der Waals surface area (Å²) in [5.74, 6) is -6.23. The van der Waals surface area contributed by atoms with E-state index in [9.17, 15) is 88.7 Å². The third kappa shape index (κ3) is 24.6. The number of carbonyl (C=O) groups is 4. The molecule has 2 amide bonds. The van der Waals surface area contributed by atoms with Crippen molar-refractivity contribution in [1.29, 1.82) is 0 Å². The second kappa shape index (κ2) is 34.8. The maximum atomic E-state index is 14.0. The molecular weight excluding hydrogens is 1120 g/mol. The number of ketones is 1. The third-order valence-corrected chi connectivity index (χ3v) is 14.1. The van der Waals surface area contributed by atoms with E-state index in [1.165, 1.54) is 6.92 Å². The number of carbonyl (C=O) groups excluding carboxylic acids is 4. The maximum absolute atomic E-state index is 14.0. The summed E-state index contributed by atoms with van der Waals surface area (Å²) in [4.78, 5) is 52.2. The van der Waals surface area contributed by atoms with Crippen molar-refractivity contribution in [2.75, 3.05) is 19.8 Å². The van der Waals surface area contributed by atoms with Crippen LogP contribution in [0.5, 0.6) is 0 Å². The Morgan fingerprint density at radius 3 is 1.92 bits per heavy atom. The van der Waals surface area contributed by atoms with Crippen molar-refractivity contribution < 1.29 is 243 Å². The van der Waals surface area contributed by atoms with Gasteiger partial charge in [0.1, 0.15) is 54.6 Å². The van der Waals surface area contributed by atoms with Crippen LogP contribution in [0.2, 0.25) is 0 Å². The molecule has 2 saturated heterocycles. The Labute approximate surface area is 523 Å². The molecule has 0 radical (unpaired) electrons. The number of Topliss-reactive ketones (excluding diaryl/α,β-unsaturated/α-hetero) is 1. The number of ether oxygens (including phenoxy) is 5. The number of aliphatic hydroxyl groups is 5. The third-order valence-electron chi connectivity index (χ3n) is 12.7. The van der Waals surface area contributed by atoms with Gasteiger partial charge in [-0.15, -0.1) is 0 Å². The summed E-state index contributed by atoms with van der Waals surface area (Å²) < 4.78 is 143. The smallest absolute Gasteiger partial charge is 0.726 e. The SMILES string of the molecule is CCC1CC(C(=O)CCCNC(=O)[C@@H](OS(=O)(=O)[O-])[C@H](COS(=O)(=O)[O-])OS(=O)(=O)[O-])C[C@@H](O[C@@H]2O[C@@H](CO)[C@H](O)C(O[C@@H](CC3CCCCC3)C(=O)[O-])C2NC(C)=O)[C@@H]1O[C@@H]1OC(C)[C@@H](O)[C@H](O)C1O.[Na+].[Na+].[Na+].[Na+]. The maximum Gasteiger partial charge on any atom is 1.00 e. The number of carboxylic acids is 1. The zero-order valence-corrected chi connectivity index (χ0v) is 53.2. The molecule has 36 heteroatoms. The summed E-state index contributed by atoms with van der Waals surface area (Å²) in [5.41, 5.74) is 0. The first-order valence-corrected chi connectivity index (χ1v) is 26.8. The molecule has 2 heterocycles. The van der Waals surface area contributed by atoms with Crippen LogP contribution in [-0.2, 0) is 86.6 Å². The quantitative estimate of drug-likeness (QED) is 0.0183. The predicted octanol–water partition coefficient (Wildman–Crippen LogP) is -17.3. The van der Waals surface area contributed by atoms with Gasteiger partial charge in [-0.3, -0.25) is 26.9 Å². The fraction of sp³-hybridized carbons (Fsp3) is 0.897. The molecule has 0 bridgehead atoms. The fourth-order valence-corrected chi connectivity index (χ4v) is 10.5. The Hall–Kier alpha value is 1.29. The van der Waals surface area contributed by atoms with E-state index in [0.29, 0.717) is 12.8 Å². The standard InChI is InChI=1S/C39H66N2O27S3.4Na/c1-4-21-14-22(23(44)11-8-12-40-36(49)34(68-71(58,59)60)27(67-70(55,56)57)17-61-69(52,53)54)15-24(33(21)66-39-32(48)31(47)29(45)18(2)62-39)64-38-28(41-19(3)43)35(30(46)26(16-42)65-38)63-25(37(50)51)13-20-9-6-5-7-10-20;;;;/h18,20-22,24-35,38-39,42,45-48H,4-17H2,1-3H3,(H,40,49)(H,41,43)(H,50,51)(H,52,53,54)(H,55,56,57)(H,58,59,60);;;;/q;4*+1/p-4/t18?,21?,22?,24-,25+,26+,27+,28?,29-,30+,31+,32?,33-,34+,35?,38-,39+;;;;/m1..../s1. The minimum atomic E-state index is -5.94. The molecule has 4 fully saturated rings. The van der Waals surface area contributed by atoms with Crippen LogP contribution in [-0.4, -0.2) is 200 Å². The summed E-state index contributed by atoms with van der Waals surface area (Å²) in [6, 6.07) is -1.51. The molecule has 2 aliphatic carbocycles. The molecule has 17 atom stereocenters. The van der Waals surface area contributed by atoms with E-state index >= 15 is 0 Å². The van der Waals surface area contributed by atoms with Crippen molar-refractivity contribution >= 4 is 54.8 Å². The number of hydrogen-bond donors (Lipinski definition) is 7. The minimum Gasteiger partial charge on any atom is -0.726 e. The zero-order chi connectivity index (χ0) is 53.2. The Morgan fingerprint density at radius 2 is 1.39 bits per heavy atom. The van der Waals surface area contributed by atoms with Crippen molar-refractivity contribution in [2.45, 2.75) is 183 Å². The van der Waals surface area contributed by atoms with Crippen LogP contribution in [0.15, 0.2) is 0 Å². The largest absolute Gasteiger partial charge is 1.00 e. The van der Waals surface area contributed by atoms with E-state index in [2.05, 4.69) is 17.9 Å². The molecule has 4 rings (SSSR count). The van der Waals surface area contributed by atoms with Crippen molar-refractivity contribution in [1.82, 2.24) is 10.6 Å². The molecule has 0 aromatic rings. The summed E-state index contributed by atoms with van der Waals surface area (Å²) in [6.45, 7) is 0.975. The van der Waals surface area contributed by atoms with Crippen LogP contribution < -0.4 is 134 Å². The van der Waals surface area contributed by atoms with E-state index in [1.54, 1.807) is 6.92 Å². The van der Waals surface area contributed by atoms with Crippen molar-refractivity contribution in [2.24, 2.45) is 17.8 Å². The van der Waals surface area contributed by atoms with Crippen molar-refractivity contribution in [3.8, 4) is 0 Å². The van der Waals surface area contributed by atoms with E-state index < -0.39 is 185 Å². The van der Waals surface area contributed by atoms with E-state index in [1.807, 2.05) is 5.32 Å². The number of rotatable bonds is 26. The molecule has 0 aromatic carbocycles. The molecule has 0 aromatic heterocycles. The van der Waals surface area contributed by atoms with Gasteiger partial charge in [0.25, 0.3) is 5.91 Å². The Kier molecular flexibility index (Phi) is 35.4. The minimum absolute atomic E-state index is 0. The predicted molar refractivity (Wildman–Crippen MR) is 225 cm³/mol. The summed E-state index contributed by atoms with van der Waals surface area (Å²) >= 11 is 0. The van der Waals surface area contributed by atoms with E-state index in [4.69, 9.17) is 23.7 Å². The van der Waals surface area contributed by atoms with Crippen LogP contribution in [0.1, 0.15) is 91.4 Å². The fourth-order valence-electron chi connectivity index (χ4n) is 9.26. The summed E-state index contributed by atoms with van der Waals surface area (Å²) in [6.07, 6.45) is -20.7. The second-order valence-electron chi connectivity index (χ2n) is 17.9. The van der Waals surface area contributed by atoms with Gasteiger partial charge in [0, 0.05) is 25.8 Å². The molecule has 412 valence electrons. The number of nitrogens with one attached hydrogen (secondary N) is 2.